The maximum absolute atomic E-state index is 13.7. The van der Waals surface area contributed by atoms with Gasteiger partial charge in [0, 0.05) is 59.0 Å². The van der Waals surface area contributed by atoms with E-state index in [1.807, 2.05) is 13.1 Å². The van der Waals surface area contributed by atoms with Crippen LogP contribution in [0.5, 0.6) is 0 Å². The number of hydrogen-bond acceptors (Lipinski definition) is 3. The summed E-state index contributed by atoms with van der Waals surface area (Å²) >= 11 is 0. The second kappa shape index (κ2) is 9.73. The van der Waals surface area contributed by atoms with Crippen molar-refractivity contribution in [1.29, 1.82) is 0 Å². The van der Waals surface area contributed by atoms with Crippen LogP contribution in [0.25, 0.3) is 0 Å². The molecule has 1 aromatic rings. The Morgan fingerprint density at radius 1 is 1.28 bits per heavy atom. The predicted molar refractivity (Wildman–Crippen MR) is 100 cm³/mol. The molecule has 1 N–H and O–H groups in total. The Hall–Kier alpha value is -1.66. The van der Waals surface area contributed by atoms with E-state index in [0.717, 1.165) is 44.2 Å². The number of nitrogens with zero attached hydrogens (tertiary/aromatic N) is 3. The molecule has 1 aliphatic heterocycles. The highest BCUT2D eigenvalue weighted by molar-refractivity contribution is 5.80. The van der Waals surface area contributed by atoms with Gasteiger partial charge in [-0.1, -0.05) is 19.9 Å². The third-order valence-electron chi connectivity index (χ3n) is 4.37. The molecule has 0 bridgehead atoms. The van der Waals surface area contributed by atoms with Gasteiger partial charge in [0.2, 0.25) is 0 Å². The number of guanidine groups is 1. The summed E-state index contributed by atoms with van der Waals surface area (Å²) in [5, 5.41) is 3.39. The van der Waals surface area contributed by atoms with E-state index >= 15 is 0 Å². The largest absolute Gasteiger partial charge is 0.380 e. The van der Waals surface area contributed by atoms with Crippen LogP contribution in [0.4, 0.5) is 4.39 Å². The van der Waals surface area contributed by atoms with E-state index in [2.05, 4.69) is 34.0 Å². The molecule has 0 unspecified atom stereocenters. The Labute approximate surface area is 150 Å². The summed E-state index contributed by atoms with van der Waals surface area (Å²) in [6.07, 6.45) is 0. The Morgan fingerprint density at radius 2 is 2.00 bits per heavy atom. The van der Waals surface area contributed by atoms with Gasteiger partial charge >= 0.3 is 0 Å². The summed E-state index contributed by atoms with van der Waals surface area (Å²) in [7, 11) is 3.38. The van der Waals surface area contributed by atoms with Crippen molar-refractivity contribution in [2.75, 3.05) is 46.9 Å². The van der Waals surface area contributed by atoms with Crippen LogP contribution in [0.1, 0.15) is 25.0 Å². The fraction of sp³-hybridized carbons (Fsp3) is 0.632. The molecular formula is C19H31FN4O. The van der Waals surface area contributed by atoms with Gasteiger partial charge in [0.1, 0.15) is 5.82 Å². The summed E-state index contributed by atoms with van der Waals surface area (Å²) in [5.41, 5.74) is 1.60. The molecule has 1 saturated heterocycles. The first-order chi connectivity index (χ1) is 12.0. The monoisotopic (exact) mass is 350 g/mol. The fourth-order valence-electron chi connectivity index (χ4n) is 3.18. The maximum atomic E-state index is 13.7. The Kier molecular flexibility index (Phi) is 7.65. The molecule has 25 heavy (non-hydrogen) atoms. The van der Waals surface area contributed by atoms with Crippen molar-refractivity contribution in [2.24, 2.45) is 10.9 Å². The molecule has 5 nitrogen and oxygen atoms in total. The molecule has 1 heterocycles. The highest BCUT2D eigenvalue weighted by atomic mass is 19.1. The van der Waals surface area contributed by atoms with Crippen LogP contribution in [-0.2, 0) is 17.9 Å². The highest BCUT2D eigenvalue weighted by Gasteiger charge is 2.19. The number of piperazine rings is 1. The molecule has 2 rings (SSSR count). The molecule has 0 spiro atoms. The van der Waals surface area contributed by atoms with Gasteiger partial charge in [-0.3, -0.25) is 9.89 Å². The van der Waals surface area contributed by atoms with E-state index in [9.17, 15) is 4.39 Å². The van der Waals surface area contributed by atoms with Crippen molar-refractivity contribution in [3.8, 4) is 0 Å². The standard InChI is InChI=1S/C19H31FN4O/c1-15(2)13-23-7-9-24(10-8-23)19(21-3)22-12-16-5-6-18(20)17(11-16)14-25-4/h5-6,11,15H,7-10,12-14H2,1-4H3,(H,21,22). The Bertz CT molecular complexity index is 569. The number of ether oxygens (including phenoxy) is 1. The minimum atomic E-state index is -0.226. The van der Waals surface area contributed by atoms with E-state index in [1.165, 1.54) is 6.07 Å². The van der Waals surface area contributed by atoms with Crippen LogP contribution in [0.15, 0.2) is 23.2 Å². The molecule has 1 aliphatic rings. The molecule has 0 amide bonds. The van der Waals surface area contributed by atoms with Crippen molar-refractivity contribution >= 4 is 5.96 Å². The second-order valence-corrected chi connectivity index (χ2v) is 6.94. The van der Waals surface area contributed by atoms with Gasteiger partial charge in [-0.25, -0.2) is 4.39 Å². The first-order valence-corrected chi connectivity index (χ1v) is 8.97. The normalized spacial score (nSPS) is 16.6. The van der Waals surface area contributed by atoms with E-state index in [4.69, 9.17) is 4.74 Å². The molecule has 0 aromatic heterocycles. The van der Waals surface area contributed by atoms with Crippen molar-refractivity contribution in [3.05, 3.63) is 35.1 Å². The quantitative estimate of drug-likeness (QED) is 0.631. The zero-order valence-corrected chi connectivity index (χ0v) is 15.9. The number of aliphatic imine (C=N–C) groups is 1. The highest BCUT2D eigenvalue weighted by Crippen LogP contribution is 2.12. The lowest BCUT2D eigenvalue weighted by atomic mass is 10.1. The van der Waals surface area contributed by atoms with Gasteiger partial charge in [0.05, 0.1) is 6.61 Å². The van der Waals surface area contributed by atoms with Gasteiger partial charge in [-0.2, -0.15) is 0 Å². The SMILES string of the molecule is CN=C(NCc1ccc(F)c(COC)c1)N1CCN(CC(C)C)CC1. The zero-order chi connectivity index (χ0) is 18.2. The van der Waals surface area contributed by atoms with Crippen molar-refractivity contribution < 1.29 is 9.13 Å². The molecule has 0 aliphatic carbocycles. The molecular weight excluding hydrogens is 319 g/mol. The van der Waals surface area contributed by atoms with E-state index in [0.29, 0.717) is 18.0 Å². The zero-order valence-electron chi connectivity index (χ0n) is 15.9. The average Bonchev–Trinajstić information content (AvgIpc) is 2.59. The number of rotatable bonds is 6. The van der Waals surface area contributed by atoms with Gasteiger partial charge in [0.15, 0.2) is 5.96 Å². The van der Waals surface area contributed by atoms with Gasteiger partial charge < -0.3 is 15.0 Å². The van der Waals surface area contributed by atoms with Crippen LogP contribution < -0.4 is 5.32 Å². The molecule has 1 aromatic carbocycles. The molecule has 1 fully saturated rings. The van der Waals surface area contributed by atoms with E-state index in [1.54, 1.807) is 13.2 Å². The molecule has 6 heteroatoms. The Balaban J connectivity index is 1.88. The van der Waals surface area contributed by atoms with Crippen molar-refractivity contribution in [1.82, 2.24) is 15.1 Å². The van der Waals surface area contributed by atoms with Crippen molar-refractivity contribution in [2.45, 2.75) is 27.0 Å². The summed E-state index contributed by atoms with van der Waals surface area (Å²) in [4.78, 5) is 9.20. The first kappa shape index (κ1) is 19.7. The van der Waals surface area contributed by atoms with Gasteiger partial charge in [-0.05, 0) is 23.6 Å². The van der Waals surface area contributed by atoms with E-state index in [-0.39, 0.29) is 12.4 Å². The third kappa shape index (κ3) is 5.97. The number of halogens is 1. The lowest BCUT2D eigenvalue weighted by Crippen LogP contribution is -2.52. The Morgan fingerprint density at radius 3 is 2.60 bits per heavy atom. The number of nitrogens with one attached hydrogen (secondary N) is 1. The lowest BCUT2D eigenvalue weighted by Gasteiger charge is -2.37. The molecule has 0 saturated carbocycles. The lowest BCUT2D eigenvalue weighted by molar-refractivity contribution is 0.164. The molecule has 0 radical (unpaired) electrons. The summed E-state index contributed by atoms with van der Waals surface area (Å²) < 4.78 is 18.7. The minimum absolute atomic E-state index is 0.226. The van der Waals surface area contributed by atoms with Crippen LogP contribution in [-0.4, -0.2) is 62.6 Å². The predicted octanol–water partition coefficient (Wildman–Crippen LogP) is 2.32. The second-order valence-electron chi connectivity index (χ2n) is 6.94. The smallest absolute Gasteiger partial charge is 0.194 e. The van der Waals surface area contributed by atoms with Crippen molar-refractivity contribution in [3.63, 3.8) is 0 Å². The minimum Gasteiger partial charge on any atom is -0.380 e. The topological polar surface area (TPSA) is 40.1 Å². The first-order valence-electron chi connectivity index (χ1n) is 8.97. The fourth-order valence-corrected chi connectivity index (χ4v) is 3.18. The van der Waals surface area contributed by atoms with Crippen LogP contribution in [0, 0.1) is 11.7 Å². The molecule has 140 valence electrons. The van der Waals surface area contributed by atoms with Crippen LogP contribution in [0.2, 0.25) is 0 Å². The number of hydrogen-bond donors (Lipinski definition) is 1. The summed E-state index contributed by atoms with van der Waals surface area (Å²) in [5.74, 6) is 1.38. The van der Waals surface area contributed by atoms with Gasteiger partial charge in [-0.15, -0.1) is 0 Å². The van der Waals surface area contributed by atoms with Crippen LogP contribution >= 0.6 is 0 Å². The summed E-state index contributed by atoms with van der Waals surface area (Å²) in [6, 6.07) is 5.15. The number of benzene rings is 1. The summed E-state index contributed by atoms with van der Waals surface area (Å²) in [6.45, 7) is 10.6. The van der Waals surface area contributed by atoms with E-state index < -0.39 is 0 Å². The third-order valence-corrected chi connectivity index (χ3v) is 4.37. The number of methoxy groups -OCH3 is 1. The van der Waals surface area contributed by atoms with Gasteiger partial charge in [0.25, 0.3) is 0 Å². The maximum Gasteiger partial charge on any atom is 0.194 e. The molecule has 0 atom stereocenters. The van der Waals surface area contributed by atoms with Crippen LogP contribution in [0.3, 0.4) is 0 Å². The average molecular weight is 350 g/mol.